The monoisotopic (exact) mass is 526 g/mol. The first-order valence-electron chi connectivity index (χ1n) is 15.7. The SMILES string of the molecule is C=C(C)[C@@H]1CC[C@]2(CCC(=O)O)CC[C@]3(C)[C@H](CC[C@@H]4[C@@]5(C)CCC(CC(=O)O)C(C)(C)[C@@H]5CC[C@]43C)[C@@H]12. The molecular weight excluding hydrogens is 472 g/mol. The van der Waals surface area contributed by atoms with Gasteiger partial charge in [-0.2, -0.15) is 0 Å². The second-order valence-corrected chi connectivity index (χ2v) is 16.1. The van der Waals surface area contributed by atoms with E-state index < -0.39 is 11.9 Å². The van der Waals surface area contributed by atoms with Crippen LogP contribution < -0.4 is 0 Å². The zero-order valence-corrected chi connectivity index (χ0v) is 25.1. The number of allylic oxidation sites excluding steroid dienone is 1. The van der Waals surface area contributed by atoms with Crippen LogP contribution in [0.5, 0.6) is 0 Å². The van der Waals surface area contributed by atoms with Crippen molar-refractivity contribution in [2.24, 2.45) is 62.6 Å². The van der Waals surface area contributed by atoms with Gasteiger partial charge in [0, 0.05) is 12.8 Å². The van der Waals surface area contributed by atoms with Crippen molar-refractivity contribution < 1.29 is 19.8 Å². The van der Waals surface area contributed by atoms with Crippen LogP contribution >= 0.6 is 0 Å². The van der Waals surface area contributed by atoms with Gasteiger partial charge in [0.05, 0.1) is 0 Å². The highest BCUT2D eigenvalue weighted by molar-refractivity contribution is 5.67. The molecule has 0 saturated heterocycles. The van der Waals surface area contributed by atoms with E-state index in [1.807, 2.05) is 0 Å². The largest absolute Gasteiger partial charge is 0.481 e. The summed E-state index contributed by atoms with van der Waals surface area (Å²) in [6.07, 6.45) is 13.4. The second kappa shape index (κ2) is 9.10. The van der Waals surface area contributed by atoms with Gasteiger partial charge in [-0.25, -0.2) is 0 Å². The lowest BCUT2D eigenvalue weighted by molar-refractivity contribution is -0.243. The third-order valence-electron chi connectivity index (χ3n) is 14.7. The Hall–Kier alpha value is -1.32. The van der Waals surface area contributed by atoms with Gasteiger partial charge in [-0.3, -0.25) is 9.59 Å². The molecule has 5 saturated carbocycles. The van der Waals surface area contributed by atoms with Gasteiger partial charge in [-0.05, 0) is 140 Å². The standard InChI is InChI=1S/C34H54O4/c1-21(2)23-11-16-34(17-13-27(35)36)19-18-32(6)24(29(23)34)8-9-26-31(5)14-10-22(20-28(37)38)30(3,4)25(31)12-15-33(26,32)7/h22-26,29H,1,8-20H2,2-7H3,(H,35,36)(H,37,38)/t22?,23-,24+,25-,26+,29+,31-,32+,33+,34-/m0/s1. The molecule has 5 aliphatic carbocycles. The average Bonchev–Trinajstić information content (AvgIpc) is 3.20. The van der Waals surface area contributed by atoms with Gasteiger partial charge in [0.25, 0.3) is 0 Å². The molecule has 0 bridgehead atoms. The molecule has 0 aromatic heterocycles. The van der Waals surface area contributed by atoms with Crippen molar-refractivity contribution in [2.45, 2.75) is 125 Å². The number of carboxylic acid groups (broad SMARTS) is 2. The number of fused-ring (bicyclic) bond motifs is 7. The van der Waals surface area contributed by atoms with Gasteiger partial charge in [0.15, 0.2) is 0 Å². The van der Waals surface area contributed by atoms with Crippen molar-refractivity contribution in [3.63, 3.8) is 0 Å². The summed E-state index contributed by atoms with van der Waals surface area (Å²) in [7, 11) is 0. The number of hydrogen-bond donors (Lipinski definition) is 2. The summed E-state index contributed by atoms with van der Waals surface area (Å²) in [6, 6.07) is 0. The van der Waals surface area contributed by atoms with Gasteiger partial charge in [-0.15, -0.1) is 0 Å². The van der Waals surface area contributed by atoms with Crippen molar-refractivity contribution in [2.75, 3.05) is 0 Å². The van der Waals surface area contributed by atoms with Crippen LogP contribution in [-0.4, -0.2) is 22.2 Å². The van der Waals surface area contributed by atoms with E-state index >= 15 is 0 Å². The summed E-state index contributed by atoms with van der Waals surface area (Å²) in [5.74, 6) is 2.00. The Bertz CT molecular complexity index is 998. The fourth-order valence-corrected chi connectivity index (χ4v) is 12.7. The number of carboxylic acids is 2. The Balaban J connectivity index is 1.49. The second-order valence-electron chi connectivity index (χ2n) is 16.1. The van der Waals surface area contributed by atoms with Crippen molar-refractivity contribution in [1.29, 1.82) is 0 Å². The van der Waals surface area contributed by atoms with Gasteiger partial charge < -0.3 is 10.2 Å². The molecule has 1 unspecified atom stereocenters. The maximum absolute atomic E-state index is 11.7. The van der Waals surface area contributed by atoms with Gasteiger partial charge in [0.2, 0.25) is 0 Å². The maximum atomic E-state index is 11.7. The highest BCUT2D eigenvalue weighted by Gasteiger charge is 2.70. The van der Waals surface area contributed by atoms with Crippen LogP contribution in [0.4, 0.5) is 0 Å². The van der Waals surface area contributed by atoms with E-state index in [9.17, 15) is 19.8 Å². The van der Waals surface area contributed by atoms with Crippen LogP contribution in [0, 0.1) is 62.6 Å². The maximum Gasteiger partial charge on any atom is 0.303 e. The van der Waals surface area contributed by atoms with Crippen LogP contribution in [0.25, 0.3) is 0 Å². The van der Waals surface area contributed by atoms with E-state index in [4.69, 9.17) is 0 Å². The van der Waals surface area contributed by atoms with Crippen LogP contribution in [0.2, 0.25) is 0 Å². The molecule has 0 spiro atoms. The third kappa shape index (κ3) is 3.80. The van der Waals surface area contributed by atoms with Crippen molar-refractivity contribution in [3.05, 3.63) is 12.2 Å². The Morgan fingerprint density at radius 3 is 2.13 bits per heavy atom. The zero-order valence-electron chi connectivity index (χ0n) is 25.1. The summed E-state index contributed by atoms with van der Waals surface area (Å²) in [5.41, 5.74) is 2.35. The summed E-state index contributed by atoms with van der Waals surface area (Å²) in [4.78, 5) is 23.4. The molecule has 5 aliphatic rings. The number of aliphatic carboxylic acids is 2. The molecule has 4 heteroatoms. The first kappa shape index (κ1) is 28.2. The average molecular weight is 527 g/mol. The summed E-state index contributed by atoms with van der Waals surface area (Å²) < 4.78 is 0. The van der Waals surface area contributed by atoms with Crippen LogP contribution in [0.15, 0.2) is 12.2 Å². The number of hydrogen-bond acceptors (Lipinski definition) is 2. The molecule has 0 amide bonds. The fourth-order valence-electron chi connectivity index (χ4n) is 12.7. The molecule has 0 radical (unpaired) electrons. The number of carbonyl (C=O) groups is 2. The highest BCUT2D eigenvalue weighted by Crippen LogP contribution is 2.78. The predicted octanol–water partition coefficient (Wildman–Crippen LogP) is 8.60. The minimum Gasteiger partial charge on any atom is -0.481 e. The van der Waals surface area contributed by atoms with Crippen molar-refractivity contribution in [1.82, 2.24) is 0 Å². The smallest absolute Gasteiger partial charge is 0.303 e. The molecule has 10 atom stereocenters. The van der Waals surface area contributed by atoms with E-state index in [2.05, 4.69) is 48.1 Å². The lowest BCUT2D eigenvalue weighted by Crippen LogP contribution is -2.66. The molecular formula is C34H54O4. The van der Waals surface area contributed by atoms with Crippen LogP contribution in [0.3, 0.4) is 0 Å². The van der Waals surface area contributed by atoms with Gasteiger partial charge in [0.1, 0.15) is 0 Å². The molecule has 214 valence electrons. The van der Waals surface area contributed by atoms with Gasteiger partial charge in [-0.1, -0.05) is 46.8 Å². The first-order valence-corrected chi connectivity index (χ1v) is 15.7. The highest BCUT2D eigenvalue weighted by atomic mass is 16.4. The molecule has 38 heavy (non-hydrogen) atoms. The Labute approximate surface area is 231 Å². The predicted molar refractivity (Wildman–Crippen MR) is 152 cm³/mol. The molecule has 0 aromatic rings. The fraction of sp³-hybridized carbons (Fsp3) is 0.882. The van der Waals surface area contributed by atoms with Crippen molar-refractivity contribution in [3.8, 4) is 0 Å². The van der Waals surface area contributed by atoms with Crippen LogP contribution in [0.1, 0.15) is 125 Å². The first-order chi connectivity index (χ1) is 17.6. The number of rotatable bonds is 6. The quantitative estimate of drug-likeness (QED) is 0.340. The molecule has 0 aromatic carbocycles. The molecule has 0 aliphatic heterocycles. The molecule has 4 nitrogen and oxygen atoms in total. The topological polar surface area (TPSA) is 74.6 Å². The molecule has 0 heterocycles. The normalized spacial score (nSPS) is 49.2. The minimum absolute atomic E-state index is 0.0551. The summed E-state index contributed by atoms with van der Waals surface area (Å²) in [5, 5.41) is 19.2. The summed E-state index contributed by atoms with van der Waals surface area (Å²) in [6.45, 7) is 19.3. The lowest BCUT2D eigenvalue weighted by Gasteiger charge is -2.73. The minimum atomic E-state index is -0.645. The van der Waals surface area contributed by atoms with Gasteiger partial charge >= 0.3 is 11.9 Å². The van der Waals surface area contributed by atoms with E-state index in [1.54, 1.807) is 0 Å². The molecule has 2 N–H and O–H groups in total. The van der Waals surface area contributed by atoms with E-state index in [1.165, 1.54) is 63.4 Å². The van der Waals surface area contributed by atoms with E-state index in [0.717, 1.165) is 12.8 Å². The summed E-state index contributed by atoms with van der Waals surface area (Å²) >= 11 is 0. The lowest BCUT2D eigenvalue weighted by atomic mass is 9.31. The Kier molecular flexibility index (Phi) is 6.76. The Morgan fingerprint density at radius 1 is 0.789 bits per heavy atom. The van der Waals surface area contributed by atoms with E-state index in [0.29, 0.717) is 42.4 Å². The third-order valence-corrected chi connectivity index (χ3v) is 14.7. The molecule has 5 rings (SSSR count). The molecule has 5 fully saturated rings. The Morgan fingerprint density at radius 2 is 1.50 bits per heavy atom. The van der Waals surface area contributed by atoms with Crippen LogP contribution in [-0.2, 0) is 9.59 Å². The van der Waals surface area contributed by atoms with E-state index in [-0.39, 0.29) is 33.0 Å². The van der Waals surface area contributed by atoms with Crippen molar-refractivity contribution >= 4 is 11.9 Å². The zero-order chi connectivity index (χ0) is 27.9.